The quantitative estimate of drug-likeness (QED) is 0.0553. The fourth-order valence-corrected chi connectivity index (χ4v) is 11.7. The van der Waals surface area contributed by atoms with Crippen LogP contribution in [0.25, 0.3) is 10.9 Å². The van der Waals surface area contributed by atoms with Crippen LogP contribution in [0.1, 0.15) is 112 Å². The van der Waals surface area contributed by atoms with Gasteiger partial charge in [0.2, 0.25) is 47.3 Å². The van der Waals surface area contributed by atoms with Gasteiger partial charge in [-0.3, -0.25) is 43.7 Å². The van der Waals surface area contributed by atoms with Gasteiger partial charge in [-0.2, -0.15) is 0 Å². The highest BCUT2D eigenvalue weighted by molar-refractivity contribution is 8.77. The van der Waals surface area contributed by atoms with E-state index in [1.54, 1.807) is 91.1 Å². The minimum Gasteiger partial charge on any atom is -0.492 e. The number of aromatic nitrogens is 1. The molecule has 15 N–H and O–H groups in total. The Kier molecular flexibility index (Phi) is 25.7. The highest BCUT2D eigenvalue weighted by Crippen LogP contribution is 2.47. The molecule has 0 aliphatic carbocycles. The van der Waals surface area contributed by atoms with Crippen LogP contribution in [0.5, 0.6) is 5.75 Å². The predicted octanol–water partition coefficient (Wildman–Crippen LogP) is 0.970. The summed E-state index contributed by atoms with van der Waals surface area (Å²) in [6.45, 7) is 17.5. The molecule has 0 radical (unpaired) electrons. The van der Waals surface area contributed by atoms with E-state index in [4.69, 9.17) is 15.2 Å². The van der Waals surface area contributed by atoms with Crippen LogP contribution in [0.15, 0.2) is 48.7 Å². The summed E-state index contributed by atoms with van der Waals surface area (Å²) in [7, 11) is 1.97. The van der Waals surface area contributed by atoms with E-state index in [1.165, 1.54) is 13.8 Å². The van der Waals surface area contributed by atoms with Gasteiger partial charge >= 0.3 is 12.1 Å². The number of nitrogens with one attached hydrogen (secondary N) is 10. The number of H-pyrrole nitrogens is 1. The summed E-state index contributed by atoms with van der Waals surface area (Å²) in [6, 6.07) is 0.780. The number of carbonyl (C=O) groups is 10. The second-order valence-electron chi connectivity index (χ2n) is 22.7. The average Bonchev–Trinajstić information content (AvgIpc) is 3.03. The second kappa shape index (κ2) is 31.1. The van der Waals surface area contributed by atoms with E-state index in [1.807, 2.05) is 13.0 Å². The highest BCUT2D eigenvalue weighted by atomic mass is 33.1. The van der Waals surface area contributed by atoms with E-state index >= 15 is 4.79 Å². The van der Waals surface area contributed by atoms with Crippen molar-refractivity contribution in [3.63, 3.8) is 0 Å². The maximum absolute atomic E-state index is 15.0. The van der Waals surface area contributed by atoms with Crippen LogP contribution in [0, 0.1) is 6.92 Å². The van der Waals surface area contributed by atoms with Gasteiger partial charge in [-0.25, -0.2) is 9.59 Å². The number of carboxylic acids is 1. The molecule has 2 aromatic carbocycles. The number of unbranched alkanes of at least 4 members (excludes halogenated alkanes) is 1. The van der Waals surface area contributed by atoms with Crippen LogP contribution in [-0.2, 0) is 60.7 Å². The van der Waals surface area contributed by atoms with E-state index in [-0.39, 0.29) is 51.3 Å². The van der Waals surface area contributed by atoms with Crippen molar-refractivity contribution in [3.8, 4) is 5.75 Å². The molecule has 1 saturated heterocycles. The lowest BCUT2D eigenvalue weighted by Gasteiger charge is -2.39. The number of alkyl carbamates (subject to hydrolysis) is 1. The fraction of sp³-hybridized carbons (Fsp3) is 0.571. The molecule has 9 amide bonds. The third kappa shape index (κ3) is 21.8. The molecule has 1 aliphatic heterocycles. The maximum Gasteiger partial charge on any atom is 0.407 e. The molecule has 1 unspecified atom stereocenters. The van der Waals surface area contributed by atoms with Gasteiger partial charge in [-0.15, -0.1) is 0 Å². The van der Waals surface area contributed by atoms with Gasteiger partial charge in [0, 0.05) is 59.8 Å². The van der Waals surface area contributed by atoms with Crippen molar-refractivity contribution in [3.05, 3.63) is 65.4 Å². The Labute approximate surface area is 496 Å². The summed E-state index contributed by atoms with van der Waals surface area (Å²) < 4.78 is 8.13. The van der Waals surface area contributed by atoms with E-state index in [2.05, 4.69) is 52.8 Å². The van der Waals surface area contributed by atoms with Crippen molar-refractivity contribution in [2.24, 2.45) is 5.73 Å². The van der Waals surface area contributed by atoms with Gasteiger partial charge in [-0.1, -0.05) is 51.9 Å². The lowest BCUT2D eigenvalue weighted by molar-refractivity contribution is -0.142. The number of aryl methyl sites for hydroxylation is 1. The van der Waals surface area contributed by atoms with Crippen molar-refractivity contribution in [2.45, 2.75) is 184 Å². The molecule has 464 valence electrons. The van der Waals surface area contributed by atoms with Crippen LogP contribution in [-0.4, -0.2) is 169 Å². The Morgan fingerprint density at radius 3 is 2.06 bits per heavy atom. The molecule has 84 heavy (non-hydrogen) atoms. The number of aliphatic hydroxyl groups is 2. The van der Waals surface area contributed by atoms with Gasteiger partial charge in [0.1, 0.15) is 60.4 Å². The summed E-state index contributed by atoms with van der Waals surface area (Å²) in [4.78, 5) is 139. The number of carboxylic acid groups (broad SMARTS) is 1. The van der Waals surface area contributed by atoms with Crippen molar-refractivity contribution < 1.29 is 72.7 Å². The Bertz CT molecular complexity index is 2820. The first-order valence-electron chi connectivity index (χ1n) is 27.5. The Morgan fingerprint density at radius 1 is 0.810 bits per heavy atom. The number of ether oxygens (including phenoxy) is 2. The van der Waals surface area contributed by atoms with Crippen LogP contribution in [0.2, 0.25) is 0 Å². The average molecular weight is 1210 g/mol. The first-order valence-corrected chi connectivity index (χ1v) is 29.6. The van der Waals surface area contributed by atoms with Gasteiger partial charge in [0.25, 0.3) is 0 Å². The van der Waals surface area contributed by atoms with Crippen molar-refractivity contribution in [1.29, 1.82) is 0 Å². The molecule has 0 saturated carbocycles. The predicted molar refractivity (Wildman–Crippen MR) is 316 cm³/mol. The first-order chi connectivity index (χ1) is 39.2. The molecule has 1 aromatic heterocycles. The van der Waals surface area contributed by atoms with E-state index in [0.29, 0.717) is 28.7 Å². The second-order valence-corrected chi connectivity index (χ2v) is 26.1. The summed E-state index contributed by atoms with van der Waals surface area (Å²) in [5.74, 6) is -7.76. The zero-order valence-corrected chi connectivity index (χ0v) is 50.9. The van der Waals surface area contributed by atoms with Crippen LogP contribution >= 0.6 is 21.6 Å². The molecular weight excluding hydrogens is 1130 g/mol. The molecule has 3 aromatic rings. The molecule has 9 atom stereocenters. The zero-order valence-electron chi connectivity index (χ0n) is 49.3. The lowest BCUT2D eigenvalue weighted by Crippen LogP contribution is -2.65. The van der Waals surface area contributed by atoms with Crippen LogP contribution in [0.4, 0.5) is 4.79 Å². The third-order valence-electron chi connectivity index (χ3n) is 13.3. The number of rotatable bonds is 20. The fourth-order valence-electron chi connectivity index (χ4n) is 8.88. The standard InChI is InChI=1S/C56H83N11O15S2/c1-29-15-14-16-36-34(28-60-42(29)36)26-38-47(73)62-37(17-12-13-22-58-31(3)69)46(72)67-45(51(77)65-40(52(78)79)25-33-18-20-35(21-19-33)81-24-23-59-53(80)82-54(5,6)7)56(10,11)84-83-55(8,9)44(61-32(4)70)50(76)64-39(27-41(57)71)48(74)66-43(30(2)68)49(75)63-38/h14-16,18-21,28,30,37-40,43-45,48,60,66,68,74H,12-13,17,22-27H2,1-11H3,(H2,57,71)(H,58,69)(H,59,80)(H,61,70)(H,62,73)(H,63,75)(H,64,76)(H,65,77)(H,67,72)(H,78,79)/t30-,37+,38+,39+,40+,43+,44-,45-,48?/m1/s1. The number of hydrogen-bond acceptors (Lipinski definition) is 17. The molecular formula is C56H83N11O15S2. The third-order valence-corrected chi connectivity index (χ3v) is 17.5. The number of primary amides is 1. The first kappa shape index (κ1) is 69.4. The number of hydrogen-bond donors (Lipinski definition) is 14. The number of aliphatic carboxylic acids is 1. The summed E-state index contributed by atoms with van der Waals surface area (Å²) in [5.41, 5.74) is 7.52. The molecule has 0 spiro atoms. The SMILES string of the molecule is CC(=O)NCCCC[C@@H]1NC(=O)[C@H](Cc2c[nH]c3c(C)cccc23)NC(=O)[C@H]([C@@H](C)O)NC(O)[C@H](CC(N)=O)NC(=O)[C@@H](NC(C)=O)C(C)(C)SSC(C)(C)[C@@H](C(=O)N[C@@H](Cc2ccc(OCCNC(=O)OC(C)(C)C)cc2)C(=O)O)NC1=O. The number of amides is 9. The van der Waals surface area contributed by atoms with Crippen LogP contribution in [0.3, 0.4) is 0 Å². The van der Waals surface area contributed by atoms with Crippen LogP contribution < -0.4 is 58.3 Å². The van der Waals surface area contributed by atoms with Crippen molar-refractivity contribution >= 4 is 91.8 Å². The number of nitrogens with two attached hydrogens (primary N) is 1. The number of aliphatic hydroxyl groups excluding tert-OH is 2. The minimum absolute atomic E-state index is 0.0804. The Hall–Kier alpha value is -7.14. The van der Waals surface area contributed by atoms with E-state index in [0.717, 1.165) is 39.6 Å². The number of para-hydroxylation sites is 1. The maximum atomic E-state index is 15.0. The topological polar surface area (TPSA) is 400 Å². The summed E-state index contributed by atoms with van der Waals surface area (Å²) >= 11 is 0. The van der Waals surface area contributed by atoms with Gasteiger partial charge in [-0.05, 0) is 110 Å². The Balaban J connectivity index is 1.82. The van der Waals surface area contributed by atoms with Crippen molar-refractivity contribution in [2.75, 3.05) is 19.7 Å². The molecule has 0 bridgehead atoms. The van der Waals surface area contributed by atoms with Gasteiger partial charge in [0.15, 0.2) is 0 Å². The normalized spacial score (nSPS) is 22.5. The Morgan fingerprint density at radius 2 is 1.45 bits per heavy atom. The minimum atomic E-state index is -1.98. The molecule has 26 nitrogen and oxygen atoms in total. The largest absolute Gasteiger partial charge is 0.492 e. The molecule has 28 heteroatoms. The number of fused-ring (bicyclic) bond motifs is 1. The number of benzene rings is 2. The van der Waals surface area contributed by atoms with E-state index < -0.39 is 130 Å². The van der Waals surface area contributed by atoms with Crippen molar-refractivity contribution in [1.82, 2.24) is 52.8 Å². The highest BCUT2D eigenvalue weighted by Gasteiger charge is 2.45. The number of carbonyl (C=O) groups excluding carboxylic acids is 9. The smallest absolute Gasteiger partial charge is 0.407 e. The molecule has 1 fully saturated rings. The molecule has 4 rings (SSSR count). The lowest BCUT2D eigenvalue weighted by atomic mass is 9.98. The van der Waals surface area contributed by atoms with E-state index in [9.17, 15) is 58.5 Å². The van der Waals surface area contributed by atoms with Gasteiger partial charge in [0.05, 0.1) is 25.1 Å². The molecule has 1 aliphatic rings. The summed E-state index contributed by atoms with van der Waals surface area (Å²) in [5, 5.41) is 57.7. The monoisotopic (exact) mass is 1210 g/mol. The van der Waals surface area contributed by atoms with Gasteiger partial charge < -0.3 is 78.0 Å². The number of aromatic amines is 1. The summed E-state index contributed by atoms with van der Waals surface area (Å²) in [6.07, 6.45) is -3.29. The zero-order chi connectivity index (χ0) is 62.9. The molecule has 2 heterocycles.